The van der Waals surface area contributed by atoms with Gasteiger partial charge in [0.2, 0.25) is 0 Å². The van der Waals surface area contributed by atoms with Crippen molar-refractivity contribution in [1.29, 1.82) is 0 Å². The monoisotopic (exact) mass is 578 g/mol. The Balaban J connectivity index is 1.39. The molecule has 4 unspecified atom stereocenters. The smallest absolute Gasteiger partial charge is 0.158 e. The number of nitrogens with zero attached hydrogens (tertiary/aromatic N) is 4. The number of benzene rings is 2. The summed E-state index contributed by atoms with van der Waals surface area (Å²) in [4.78, 5) is 19.0. The van der Waals surface area contributed by atoms with Gasteiger partial charge in [0.05, 0.1) is 0 Å². The molecule has 4 bridgehead atoms. The molecular weight excluding hydrogens is 538 g/mol. The molecule has 2 aromatic heterocycles. The Hall–Kier alpha value is -2.54. The van der Waals surface area contributed by atoms with Crippen LogP contribution in [0.4, 0.5) is 0 Å². The molecule has 0 saturated heterocycles. The first-order chi connectivity index (χ1) is 20.0. The highest BCUT2D eigenvalue weighted by atomic mass is 31.1. The minimum atomic E-state index is -0.955. The van der Waals surface area contributed by atoms with E-state index in [1.807, 2.05) is 36.9 Å². The minimum absolute atomic E-state index is 0.106. The highest BCUT2D eigenvalue weighted by Gasteiger charge is 2.57. The second-order valence-corrected chi connectivity index (χ2v) is 15.6. The first-order valence-corrected chi connectivity index (χ1v) is 17.5. The van der Waals surface area contributed by atoms with Crippen LogP contribution in [-0.4, -0.2) is 26.1 Å². The lowest BCUT2D eigenvalue weighted by atomic mass is 9.43. The summed E-state index contributed by atoms with van der Waals surface area (Å²) < 4.78 is 0. The summed E-state index contributed by atoms with van der Waals surface area (Å²) in [5.41, 5.74) is 7.65. The molecule has 41 heavy (non-hydrogen) atoms. The molecule has 8 rings (SSSR count). The summed E-state index contributed by atoms with van der Waals surface area (Å²) in [5, 5.41) is 0. The first kappa shape index (κ1) is 27.3. The third-order valence-electron chi connectivity index (χ3n) is 10.6. The molecule has 4 nitrogen and oxygen atoms in total. The Labute approximate surface area is 248 Å². The molecular formula is C35H40N4P2. The zero-order valence-electron chi connectivity index (χ0n) is 24.2. The normalized spacial score (nSPS) is 26.9. The van der Waals surface area contributed by atoms with Crippen LogP contribution in [0.2, 0.25) is 0 Å². The van der Waals surface area contributed by atoms with Gasteiger partial charge in [-0.3, -0.25) is 0 Å². The molecule has 0 aliphatic heterocycles. The maximum atomic E-state index is 4.76. The summed E-state index contributed by atoms with van der Waals surface area (Å²) >= 11 is 0. The molecule has 2 heterocycles. The van der Waals surface area contributed by atoms with Crippen LogP contribution in [0.1, 0.15) is 68.2 Å². The average Bonchev–Trinajstić information content (AvgIpc) is 3.00. The molecule has 0 N–H and O–H groups in total. The van der Waals surface area contributed by atoms with Crippen LogP contribution in [-0.2, 0) is 17.0 Å². The highest BCUT2D eigenvalue weighted by Crippen LogP contribution is 2.64. The molecule has 4 saturated carbocycles. The maximum absolute atomic E-state index is 4.76. The van der Waals surface area contributed by atoms with E-state index >= 15 is 0 Å². The van der Waals surface area contributed by atoms with Gasteiger partial charge in [-0.15, -0.1) is 9.24 Å². The van der Waals surface area contributed by atoms with Crippen LogP contribution < -0.4 is 11.1 Å². The van der Waals surface area contributed by atoms with Crippen LogP contribution in [0, 0.1) is 23.7 Å². The van der Waals surface area contributed by atoms with Gasteiger partial charge in [-0.1, -0.05) is 62.4 Å². The standard InChI is InChI=1S/C35H40N4P2/c1-34(2,28-8-4-3-5-9-28)29-10-11-30(35-20-24-16-25(21-35)18-26(17-24)31(35)22-40)27(19-29)23-41(32-36-12-6-13-37-32)33-38-14-7-15-39-33/h3-15,19,24-26,31H,16-18,20-23,40H2,1-2H3. The summed E-state index contributed by atoms with van der Waals surface area (Å²) in [6.45, 7) is 4.72. The van der Waals surface area contributed by atoms with Gasteiger partial charge in [-0.05, 0) is 102 Å². The van der Waals surface area contributed by atoms with Gasteiger partial charge >= 0.3 is 0 Å². The molecule has 4 atom stereocenters. The van der Waals surface area contributed by atoms with Crippen molar-refractivity contribution in [2.75, 3.05) is 6.16 Å². The lowest BCUT2D eigenvalue weighted by Crippen LogP contribution is -2.56. The third kappa shape index (κ3) is 4.86. The van der Waals surface area contributed by atoms with E-state index in [1.54, 1.807) is 5.56 Å². The second-order valence-electron chi connectivity index (χ2n) is 13.2. The SMILES string of the molecule is CC(C)(c1ccccc1)c1ccc(C23CC4CC(CC(C4)C2CP)C3)c(CP(c2ncccn2)c2ncccn2)c1. The van der Waals surface area contributed by atoms with E-state index in [-0.39, 0.29) is 10.8 Å². The molecule has 4 aromatic rings. The molecule has 0 radical (unpaired) electrons. The summed E-state index contributed by atoms with van der Waals surface area (Å²) in [7, 11) is 2.19. The van der Waals surface area contributed by atoms with Gasteiger partial charge < -0.3 is 0 Å². The van der Waals surface area contributed by atoms with Crippen LogP contribution >= 0.6 is 17.2 Å². The van der Waals surface area contributed by atoms with Crippen LogP contribution in [0.15, 0.2) is 85.5 Å². The maximum Gasteiger partial charge on any atom is 0.158 e. The largest absolute Gasteiger partial charge is 0.237 e. The van der Waals surface area contributed by atoms with E-state index in [2.05, 4.69) is 71.6 Å². The predicted octanol–water partition coefficient (Wildman–Crippen LogP) is 6.79. The fourth-order valence-corrected chi connectivity index (χ4v) is 11.6. The van der Waals surface area contributed by atoms with Gasteiger partial charge in [0.15, 0.2) is 11.1 Å². The van der Waals surface area contributed by atoms with Crippen molar-refractivity contribution in [3.8, 4) is 0 Å². The van der Waals surface area contributed by atoms with Gasteiger partial charge in [-0.25, -0.2) is 19.9 Å². The summed E-state index contributed by atoms with van der Waals surface area (Å²) in [5.74, 6) is 3.36. The fraction of sp³-hybridized carbons (Fsp3) is 0.429. The summed E-state index contributed by atoms with van der Waals surface area (Å²) in [6, 6.07) is 22.3. The third-order valence-corrected chi connectivity index (χ3v) is 13.1. The van der Waals surface area contributed by atoms with Crippen LogP contribution in [0.5, 0.6) is 0 Å². The Bertz CT molecular complexity index is 1440. The average molecular weight is 579 g/mol. The Morgan fingerprint density at radius 3 is 1.98 bits per heavy atom. The van der Waals surface area contributed by atoms with Gasteiger partial charge in [-0.2, -0.15) is 0 Å². The second kappa shape index (κ2) is 10.9. The minimum Gasteiger partial charge on any atom is -0.237 e. The van der Waals surface area contributed by atoms with Crippen molar-refractivity contribution < 1.29 is 0 Å². The molecule has 210 valence electrons. The zero-order chi connectivity index (χ0) is 28.0. The number of rotatable bonds is 8. The Kier molecular flexibility index (Phi) is 7.29. The van der Waals surface area contributed by atoms with Crippen molar-refractivity contribution in [3.05, 3.63) is 108 Å². The fourth-order valence-electron chi connectivity index (χ4n) is 8.87. The topological polar surface area (TPSA) is 51.6 Å². The molecule has 4 aliphatic rings. The predicted molar refractivity (Wildman–Crippen MR) is 172 cm³/mol. The van der Waals surface area contributed by atoms with E-state index in [1.165, 1.54) is 55.0 Å². The molecule has 0 amide bonds. The lowest BCUT2D eigenvalue weighted by molar-refractivity contribution is -0.0520. The molecule has 6 heteroatoms. The number of aromatic nitrogens is 4. The zero-order valence-corrected chi connectivity index (χ0v) is 26.2. The van der Waals surface area contributed by atoms with Crippen molar-refractivity contribution in [2.24, 2.45) is 23.7 Å². The van der Waals surface area contributed by atoms with Crippen molar-refractivity contribution in [1.82, 2.24) is 19.9 Å². The Morgan fingerprint density at radius 2 is 1.39 bits per heavy atom. The van der Waals surface area contributed by atoms with Crippen molar-refractivity contribution >= 4 is 28.3 Å². The summed E-state index contributed by atoms with van der Waals surface area (Å²) in [6.07, 6.45) is 16.5. The quantitative estimate of drug-likeness (QED) is 0.216. The van der Waals surface area contributed by atoms with E-state index in [0.717, 1.165) is 41.0 Å². The van der Waals surface area contributed by atoms with Gasteiger partial charge in [0.25, 0.3) is 0 Å². The lowest BCUT2D eigenvalue weighted by Gasteiger charge is -2.62. The first-order valence-electron chi connectivity index (χ1n) is 15.2. The van der Waals surface area contributed by atoms with Crippen molar-refractivity contribution in [2.45, 2.75) is 62.9 Å². The molecule has 0 spiro atoms. The van der Waals surface area contributed by atoms with Gasteiger partial charge in [0.1, 0.15) is 0 Å². The van der Waals surface area contributed by atoms with E-state index in [4.69, 9.17) is 19.9 Å². The number of hydrogen-bond donors (Lipinski definition) is 0. The van der Waals surface area contributed by atoms with E-state index in [9.17, 15) is 0 Å². The molecule has 2 aromatic carbocycles. The van der Waals surface area contributed by atoms with E-state index in [0.29, 0.717) is 0 Å². The molecule has 4 aliphatic carbocycles. The van der Waals surface area contributed by atoms with E-state index < -0.39 is 7.92 Å². The van der Waals surface area contributed by atoms with Crippen LogP contribution in [0.25, 0.3) is 0 Å². The van der Waals surface area contributed by atoms with Gasteiger partial charge in [0, 0.05) is 44.3 Å². The number of hydrogen-bond acceptors (Lipinski definition) is 4. The Morgan fingerprint density at radius 1 is 0.780 bits per heavy atom. The van der Waals surface area contributed by atoms with Crippen molar-refractivity contribution in [3.63, 3.8) is 0 Å². The molecule has 4 fully saturated rings. The highest BCUT2D eigenvalue weighted by molar-refractivity contribution is 7.71. The van der Waals surface area contributed by atoms with Crippen LogP contribution in [0.3, 0.4) is 0 Å².